The number of fused-ring (bicyclic) bond motifs is 1. The van der Waals surface area contributed by atoms with Crippen molar-refractivity contribution in [2.75, 3.05) is 19.6 Å². The van der Waals surface area contributed by atoms with Crippen LogP contribution in [0.25, 0.3) is 11.0 Å². The minimum atomic E-state index is -0.182. The van der Waals surface area contributed by atoms with Crippen LogP contribution < -0.4 is 0 Å². The number of aromatic nitrogens is 2. The van der Waals surface area contributed by atoms with Gasteiger partial charge in [0.1, 0.15) is 17.6 Å². The van der Waals surface area contributed by atoms with Gasteiger partial charge in [0.05, 0.1) is 0 Å². The number of carbonyl (C=O) groups is 2. The van der Waals surface area contributed by atoms with Gasteiger partial charge in [-0.15, -0.1) is 0 Å². The van der Waals surface area contributed by atoms with Gasteiger partial charge in [-0.3, -0.25) is 9.59 Å². The molecule has 2 heterocycles. The Labute approximate surface area is 150 Å². The molecule has 1 fully saturated rings. The molecule has 1 aliphatic heterocycles. The first kappa shape index (κ1) is 16.3. The molecule has 2 aromatic carbocycles. The second-order valence-corrected chi connectivity index (χ2v) is 6.50. The van der Waals surface area contributed by atoms with E-state index in [1.54, 1.807) is 28.0 Å². The number of carbonyl (C=O) groups excluding carboxylic acids is 2. The molecule has 26 heavy (non-hydrogen) atoms. The van der Waals surface area contributed by atoms with E-state index in [1.165, 1.54) is 5.56 Å². The highest BCUT2D eigenvalue weighted by molar-refractivity contribution is 5.99. The Bertz CT molecular complexity index is 982. The molecule has 0 bridgehead atoms. The van der Waals surface area contributed by atoms with Crippen LogP contribution in [0.1, 0.15) is 21.5 Å². The Balaban J connectivity index is 1.44. The van der Waals surface area contributed by atoms with Gasteiger partial charge in [0.2, 0.25) is 5.91 Å². The van der Waals surface area contributed by atoms with Crippen molar-refractivity contribution < 1.29 is 14.2 Å². The van der Waals surface area contributed by atoms with Crippen molar-refractivity contribution in [2.24, 2.45) is 0 Å². The third-order valence-electron chi connectivity index (χ3n) is 4.56. The molecule has 0 spiro atoms. The molecule has 132 valence electrons. The number of piperazine rings is 1. The second-order valence-electron chi connectivity index (χ2n) is 6.50. The van der Waals surface area contributed by atoms with Crippen LogP contribution in [0.3, 0.4) is 0 Å². The monoisotopic (exact) mass is 350 g/mol. The molecular weight excluding hydrogens is 332 g/mol. The van der Waals surface area contributed by atoms with Gasteiger partial charge in [-0.25, -0.2) is 4.63 Å². The van der Waals surface area contributed by atoms with Gasteiger partial charge < -0.3 is 9.80 Å². The quantitative estimate of drug-likeness (QED) is 0.722. The predicted molar refractivity (Wildman–Crippen MR) is 94.3 cm³/mol. The molecule has 4 rings (SSSR count). The maximum Gasteiger partial charge on any atom is 0.254 e. The zero-order valence-corrected chi connectivity index (χ0v) is 14.4. The van der Waals surface area contributed by atoms with Gasteiger partial charge in [0.15, 0.2) is 0 Å². The third-order valence-corrected chi connectivity index (χ3v) is 4.56. The van der Waals surface area contributed by atoms with Crippen molar-refractivity contribution in [1.29, 1.82) is 0 Å². The standard InChI is InChI=1S/C19H18N4O3/c1-13-3-2-4-14(9-13)11-22-7-8-23(12-18(22)24)19(25)15-5-6-16-17(10-15)21-26-20-16/h2-6,9-10H,7-8,11-12H2,1H3. The first-order chi connectivity index (χ1) is 12.6. The van der Waals surface area contributed by atoms with Gasteiger partial charge >= 0.3 is 0 Å². The van der Waals surface area contributed by atoms with Crippen molar-refractivity contribution in [3.63, 3.8) is 0 Å². The van der Waals surface area contributed by atoms with E-state index >= 15 is 0 Å². The SMILES string of the molecule is Cc1cccc(CN2CCN(C(=O)c3ccc4nonc4c3)CC2=O)c1. The minimum absolute atomic E-state index is 0.0460. The lowest BCUT2D eigenvalue weighted by atomic mass is 10.1. The largest absolute Gasteiger partial charge is 0.335 e. The predicted octanol–water partition coefficient (Wildman–Crippen LogP) is 2.02. The number of hydrogen-bond acceptors (Lipinski definition) is 5. The fourth-order valence-electron chi connectivity index (χ4n) is 3.18. The average Bonchev–Trinajstić information content (AvgIpc) is 3.10. The maximum atomic E-state index is 12.7. The fraction of sp³-hybridized carbons (Fsp3) is 0.263. The molecule has 0 radical (unpaired) electrons. The average molecular weight is 350 g/mol. The molecule has 7 nitrogen and oxygen atoms in total. The summed E-state index contributed by atoms with van der Waals surface area (Å²) in [5, 5.41) is 7.48. The van der Waals surface area contributed by atoms with Crippen LogP contribution in [0, 0.1) is 6.92 Å². The Hall–Kier alpha value is -3.22. The number of hydrogen-bond donors (Lipinski definition) is 0. The summed E-state index contributed by atoms with van der Waals surface area (Å²) in [5.74, 6) is -0.228. The molecule has 1 aromatic heterocycles. The van der Waals surface area contributed by atoms with E-state index in [0.29, 0.717) is 36.2 Å². The summed E-state index contributed by atoms with van der Waals surface area (Å²) in [6.07, 6.45) is 0. The Morgan fingerprint density at radius 2 is 1.96 bits per heavy atom. The van der Waals surface area contributed by atoms with Gasteiger partial charge in [-0.1, -0.05) is 29.8 Å². The number of aryl methyl sites for hydroxylation is 1. The highest BCUT2D eigenvalue weighted by Crippen LogP contribution is 2.16. The zero-order valence-electron chi connectivity index (χ0n) is 14.4. The molecule has 0 atom stereocenters. The van der Waals surface area contributed by atoms with Crippen LogP contribution in [-0.2, 0) is 11.3 Å². The van der Waals surface area contributed by atoms with Crippen molar-refractivity contribution in [1.82, 2.24) is 20.1 Å². The molecular formula is C19H18N4O3. The normalized spacial score (nSPS) is 14.9. The number of benzene rings is 2. The molecule has 0 aliphatic carbocycles. The number of nitrogens with zero attached hydrogens (tertiary/aromatic N) is 4. The van der Waals surface area contributed by atoms with Crippen molar-refractivity contribution >= 4 is 22.8 Å². The number of amides is 2. The molecule has 1 aliphatic rings. The van der Waals surface area contributed by atoms with Gasteiger partial charge in [-0.05, 0) is 41.0 Å². The molecule has 3 aromatic rings. The van der Waals surface area contributed by atoms with E-state index in [1.807, 2.05) is 25.1 Å². The van der Waals surface area contributed by atoms with Gasteiger partial charge in [-0.2, -0.15) is 0 Å². The molecule has 0 N–H and O–H groups in total. The lowest BCUT2D eigenvalue weighted by Gasteiger charge is -2.34. The van der Waals surface area contributed by atoms with Gasteiger partial charge in [0.25, 0.3) is 5.91 Å². The van der Waals surface area contributed by atoms with E-state index in [-0.39, 0.29) is 18.4 Å². The molecule has 0 saturated carbocycles. The highest BCUT2D eigenvalue weighted by Gasteiger charge is 2.28. The van der Waals surface area contributed by atoms with Crippen molar-refractivity contribution in [3.05, 3.63) is 59.2 Å². The van der Waals surface area contributed by atoms with Crippen LogP contribution in [0.5, 0.6) is 0 Å². The maximum absolute atomic E-state index is 12.7. The summed E-state index contributed by atoms with van der Waals surface area (Å²) in [5.41, 5.74) is 3.87. The summed E-state index contributed by atoms with van der Waals surface area (Å²) in [7, 11) is 0. The second kappa shape index (κ2) is 6.59. The zero-order chi connectivity index (χ0) is 18.1. The molecule has 0 unspecified atom stereocenters. The van der Waals surface area contributed by atoms with E-state index in [2.05, 4.69) is 21.0 Å². The lowest BCUT2D eigenvalue weighted by Crippen LogP contribution is -2.51. The van der Waals surface area contributed by atoms with E-state index in [9.17, 15) is 9.59 Å². The van der Waals surface area contributed by atoms with Crippen molar-refractivity contribution in [3.8, 4) is 0 Å². The molecule has 2 amide bonds. The molecule has 7 heteroatoms. The third kappa shape index (κ3) is 3.15. The first-order valence-electron chi connectivity index (χ1n) is 8.45. The Morgan fingerprint density at radius 3 is 2.77 bits per heavy atom. The van der Waals surface area contributed by atoms with E-state index in [4.69, 9.17) is 0 Å². The first-order valence-corrected chi connectivity index (χ1v) is 8.45. The van der Waals surface area contributed by atoms with Crippen LogP contribution >= 0.6 is 0 Å². The number of rotatable bonds is 3. The summed E-state index contributed by atoms with van der Waals surface area (Å²) >= 11 is 0. The highest BCUT2D eigenvalue weighted by atomic mass is 16.6. The Morgan fingerprint density at radius 1 is 1.12 bits per heavy atom. The van der Waals surface area contributed by atoms with Crippen LogP contribution in [-0.4, -0.2) is 51.6 Å². The van der Waals surface area contributed by atoms with Crippen LogP contribution in [0.15, 0.2) is 47.1 Å². The Kier molecular flexibility index (Phi) is 4.12. The summed E-state index contributed by atoms with van der Waals surface area (Å²) in [4.78, 5) is 28.6. The summed E-state index contributed by atoms with van der Waals surface area (Å²) in [6, 6.07) is 13.1. The summed E-state index contributed by atoms with van der Waals surface area (Å²) in [6.45, 7) is 3.71. The van der Waals surface area contributed by atoms with Crippen LogP contribution in [0.2, 0.25) is 0 Å². The fourth-order valence-corrected chi connectivity index (χ4v) is 3.18. The van der Waals surface area contributed by atoms with Crippen LogP contribution in [0.4, 0.5) is 0 Å². The summed E-state index contributed by atoms with van der Waals surface area (Å²) < 4.78 is 4.66. The van der Waals surface area contributed by atoms with Gasteiger partial charge in [0, 0.05) is 25.2 Å². The van der Waals surface area contributed by atoms with E-state index < -0.39 is 0 Å². The lowest BCUT2D eigenvalue weighted by molar-refractivity contribution is -0.135. The topological polar surface area (TPSA) is 79.5 Å². The molecule has 1 saturated heterocycles. The van der Waals surface area contributed by atoms with E-state index in [0.717, 1.165) is 5.56 Å². The van der Waals surface area contributed by atoms with Crippen molar-refractivity contribution in [2.45, 2.75) is 13.5 Å². The minimum Gasteiger partial charge on any atom is -0.335 e. The smallest absolute Gasteiger partial charge is 0.254 e.